The first-order chi connectivity index (χ1) is 8.05. The van der Waals surface area contributed by atoms with Crippen LogP contribution in [-0.2, 0) is 9.53 Å². The summed E-state index contributed by atoms with van der Waals surface area (Å²) in [5.41, 5.74) is -1.36. The van der Waals surface area contributed by atoms with Crippen molar-refractivity contribution < 1.29 is 23.8 Å². The standard InChI is InChI=1S/C10H10BrNO5/c11-6-1-3-17-7(6)8(13)12-10(9(14)15)2-4-16-5-10/h1,3H,2,4-5H2,(H,12,13)(H,14,15). The van der Waals surface area contributed by atoms with Crippen LogP contribution >= 0.6 is 15.9 Å². The molecule has 2 heterocycles. The topological polar surface area (TPSA) is 88.8 Å². The summed E-state index contributed by atoms with van der Waals surface area (Å²) in [6.45, 7) is 0.276. The molecule has 0 saturated carbocycles. The number of carbonyl (C=O) groups excluding carboxylic acids is 1. The van der Waals surface area contributed by atoms with Crippen LogP contribution in [0.3, 0.4) is 0 Å². The molecule has 0 aliphatic carbocycles. The first-order valence-corrected chi connectivity index (χ1v) is 5.71. The second-order valence-corrected chi connectivity index (χ2v) is 4.60. The number of carboxylic acids is 1. The van der Waals surface area contributed by atoms with Crippen LogP contribution < -0.4 is 5.32 Å². The maximum Gasteiger partial charge on any atom is 0.331 e. The van der Waals surface area contributed by atoms with E-state index >= 15 is 0 Å². The Morgan fingerprint density at radius 1 is 1.53 bits per heavy atom. The maximum atomic E-state index is 11.8. The monoisotopic (exact) mass is 303 g/mol. The van der Waals surface area contributed by atoms with E-state index in [9.17, 15) is 9.59 Å². The van der Waals surface area contributed by atoms with Gasteiger partial charge in [-0.3, -0.25) is 4.79 Å². The number of halogens is 1. The molecule has 6 nitrogen and oxygen atoms in total. The molecule has 0 aromatic carbocycles. The van der Waals surface area contributed by atoms with Crippen LogP contribution in [0.15, 0.2) is 21.2 Å². The number of amides is 1. The van der Waals surface area contributed by atoms with Crippen molar-refractivity contribution in [3.63, 3.8) is 0 Å². The molecule has 17 heavy (non-hydrogen) atoms. The molecule has 92 valence electrons. The number of carboxylic acid groups (broad SMARTS) is 1. The number of furan rings is 1. The average molecular weight is 304 g/mol. The molecule has 1 aliphatic rings. The third-order valence-corrected chi connectivity index (χ3v) is 3.23. The molecule has 0 spiro atoms. The molecule has 0 bridgehead atoms. The van der Waals surface area contributed by atoms with Gasteiger partial charge in [0.2, 0.25) is 5.76 Å². The van der Waals surface area contributed by atoms with Crippen molar-refractivity contribution in [3.8, 4) is 0 Å². The predicted molar refractivity (Wildman–Crippen MR) is 59.7 cm³/mol. The third kappa shape index (κ3) is 2.20. The number of rotatable bonds is 3. The van der Waals surface area contributed by atoms with Crippen LogP contribution in [0.2, 0.25) is 0 Å². The van der Waals surface area contributed by atoms with E-state index in [2.05, 4.69) is 21.2 Å². The number of ether oxygens (including phenoxy) is 1. The zero-order chi connectivity index (χ0) is 12.5. The van der Waals surface area contributed by atoms with Gasteiger partial charge >= 0.3 is 5.97 Å². The summed E-state index contributed by atoms with van der Waals surface area (Å²) in [6.07, 6.45) is 1.59. The van der Waals surface area contributed by atoms with Gasteiger partial charge in [-0.25, -0.2) is 4.79 Å². The molecule has 1 aliphatic heterocycles. The molecule has 1 atom stereocenters. The second kappa shape index (κ2) is 4.50. The van der Waals surface area contributed by atoms with Gasteiger partial charge in [0.25, 0.3) is 5.91 Å². The molecule has 2 rings (SSSR count). The van der Waals surface area contributed by atoms with Crippen LogP contribution in [0.1, 0.15) is 17.0 Å². The fraction of sp³-hybridized carbons (Fsp3) is 0.400. The molecule has 0 radical (unpaired) electrons. The molecule has 1 aromatic heterocycles. The van der Waals surface area contributed by atoms with Gasteiger partial charge in [0.1, 0.15) is 0 Å². The molecule has 1 aromatic rings. The van der Waals surface area contributed by atoms with Gasteiger partial charge in [-0.1, -0.05) is 0 Å². The van der Waals surface area contributed by atoms with E-state index in [1.807, 2.05) is 0 Å². The van der Waals surface area contributed by atoms with E-state index < -0.39 is 17.4 Å². The number of hydrogen-bond donors (Lipinski definition) is 2. The van der Waals surface area contributed by atoms with Crippen LogP contribution in [0.4, 0.5) is 0 Å². The molecule has 1 amide bonds. The van der Waals surface area contributed by atoms with E-state index in [-0.39, 0.29) is 18.8 Å². The Balaban J connectivity index is 2.17. The zero-order valence-electron chi connectivity index (χ0n) is 8.73. The van der Waals surface area contributed by atoms with Crippen molar-refractivity contribution in [1.29, 1.82) is 0 Å². The van der Waals surface area contributed by atoms with Gasteiger partial charge in [-0.05, 0) is 22.0 Å². The zero-order valence-corrected chi connectivity index (χ0v) is 10.3. The van der Waals surface area contributed by atoms with Gasteiger partial charge < -0.3 is 19.6 Å². The first-order valence-electron chi connectivity index (χ1n) is 4.92. The Morgan fingerprint density at radius 2 is 2.29 bits per heavy atom. The number of carbonyl (C=O) groups is 2. The van der Waals surface area contributed by atoms with Crippen LogP contribution in [0.5, 0.6) is 0 Å². The molecule has 7 heteroatoms. The number of aliphatic carboxylic acids is 1. The Kier molecular flexibility index (Phi) is 3.21. The van der Waals surface area contributed by atoms with Crippen LogP contribution in [0, 0.1) is 0 Å². The predicted octanol–water partition coefficient (Wildman–Crippen LogP) is 1.02. The van der Waals surface area contributed by atoms with Crippen molar-refractivity contribution in [1.82, 2.24) is 5.32 Å². The maximum absolute atomic E-state index is 11.8. The summed E-state index contributed by atoms with van der Waals surface area (Å²) >= 11 is 3.14. The van der Waals surface area contributed by atoms with Crippen molar-refractivity contribution in [2.75, 3.05) is 13.2 Å². The SMILES string of the molecule is O=C(NC1(C(=O)O)CCOC1)c1occc1Br. The van der Waals surface area contributed by atoms with E-state index in [1.54, 1.807) is 6.07 Å². The van der Waals surface area contributed by atoms with Crippen molar-refractivity contribution in [2.45, 2.75) is 12.0 Å². The molecule has 1 saturated heterocycles. The normalized spacial score (nSPS) is 23.6. The van der Waals surface area contributed by atoms with Gasteiger partial charge in [-0.15, -0.1) is 0 Å². The van der Waals surface area contributed by atoms with Crippen molar-refractivity contribution in [3.05, 3.63) is 22.6 Å². The fourth-order valence-electron chi connectivity index (χ4n) is 1.62. The minimum atomic E-state index is -1.36. The summed E-state index contributed by atoms with van der Waals surface area (Å²) in [5.74, 6) is -1.63. The third-order valence-electron chi connectivity index (χ3n) is 2.61. The van der Waals surface area contributed by atoms with Gasteiger partial charge in [-0.2, -0.15) is 0 Å². The van der Waals surface area contributed by atoms with Crippen molar-refractivity contribution >= 4 is 27.8 Å². The van der Waals surface area contributed by atoms with E-state index in [0.29, 0.717) is 11.1 Å². The summed E-state index contributed by atoms with van der Waals surface area (Å²) < 4.78 is 10.5. The quantitative estimate of drug-likeness (QED) is 0.870. The largest absolute Gasteiger partial charge is 0.479 e. The lowest BCUT2D eigenvalue weighted by Gasteiger charge is -2.22. The fourth-order valence-corrected chi connectivity index (χ4v) is 2.00. The lowest BCUT2D eigenvalue weighted by molar-refractivity contribution is -0.144. The molecule has 1 unspecified atom stereocenters. The summed E-state index contributed by atoms with van der Waals surface area (Å²) in [5, 5.41) is 11.6. The van der Waals surface area contributed by atoms with E-state index in [0.717, 1.165) is 0 Å². The Morgan fingerprint density at radius 3 is 2.76 bits per heavy atom. The molecular weight excluding hydrogens is 294 g/mol. The minimum Gasteiger partial charge on any atom is -0.479 e. The summed E-state index contributed by atoms with van der Waals surface area (Å²) in [4.78, 5) is 23.0. The highest BCUT2D eigenvalue weighted by atomic mass is 79.9. The summed E-state index contributed by atoms with van der Waals surface area (Å²) in [7, 11) is 0. The highest BCUT2D eigenvalue weighted by Gasteiger charge is 2.44. The highest BCUT2D eigenvalue weighted by molar-refractivity contribution is 9.10. The minimum absolute atomic E-state index is 0.0353. The lowest BCUT2D eigenvalue weighted by atomic mass is 9.99. The van der Waals surface area contributed by atoms with Crippen molar-refractivity contribution in [2.24, 2.45) is 0 Å². The molecule has 1 fully saturated rings. The Bertz CT molecular complexity index is 449. The average Bonchev–Trinajstić information content (AvgIpc) is 2.87. The van der Waals surface area contributed by atoms with E-state index in [1.165, 1.54) is 6.26 Å². The van der Waals surface area contributed by atoms with Gasteiger partial charge in [0, 0.05) is 13.0 Å². The summed E-state index contributed by atoms with van der Waals surface area (Å²) in [6, 6.07) is 1.56. The number of nitrogens with one attached hydrogen (secondary N) is 1. The Labute approximate surface area is 105 Å². The molecular formula is C10H10BrNO5. The van der Waals surface area contributed by atoms with E-state index in [4.69, 9.17) is 14.3 Å². The van der Waals surface area contributed by atoms with Gasteiger partial charge in [0.05, 0.1) is 17.3 Å². The Hall–Kier alpha value is -1.34. The highest BCUT2D eigenvalue weighted by Crippen LogP contribution is 2.22. The van der Waals surface area contributed by atoms with Gasteiger partial charge in [0.15, 0.2) is 5.54 Å². The molecule has 2 N–H and O–H groups in total. The van der Waals surface area contributed by atoms with Crippen LogP contribution in [-0.4, -0.2) is 35.7 Å². The number of hydrogen-bond acceptors (Lipinski definition) is 4. The second-order valence-electron chi connectivity index (χ2n) is 3.74. The lowest BCUT2D eigenvalue weighted by Crippen LogP contribution is -2.55. The first kappa shape index (κ1) is 12.1. The van der Waals surface area contributed by atoms with Crippen LogP contribution in [0.25, 0.3) is 0 Å². The smallest absolute Gasteiger partial charge is 0.331 e.